The second kappa shape index (κ2) is 11.1. The third kappa shape index (κ3) is 6.30. The minimum absolute atomic E-state index is 0.0833. The molecule has 0 amide bonds. The zero-order chi connectivity index (χ0) is 22.1. The Hall–Kier alpha value is -3.38. The summed E-state index contributed by atoms with van der Waals surface area (Å²) in [4.78, 5) is 20.7. The number of hydrogen-bond acceptors (Lipinski definition) is 2. The van der Waals surface area contributed by atoms with E-state index < -0.39 is 31.7 Å². The molecule has 1 radical (unpaired) electrons. The number of rotatable bonds is 5. The Bertz CT molecular complexity index is 986. The van der Waals surface area contributed by atoms with Gasteiger partial charge in [-0.15, -0.1) is 0 Å². The van der Waals surface area contributed by atoms with Crippen molar-refractivity contribution in [3.8, 4) is 0 Å². The van der Waals surface area contributed by atoms with Gasteiger partial charge in [0.15, 0.2) is 0 Å². The van der Waals surface area contributed by atoms with Crippen LogP contribution < -0.4 is 10.7 Å². The fourth-order valence-corrected chi connectivity index (χ4v) is 10.4. The molecule has 0 heterocycles. The Morgan fingerprint density at radius 3 is 0.935 bits per heavy atom. The molecule has 5 heteroatoms. The van der Waals surface area contributed by atoms with Gasteiger partial charge in [0.1, 0.15) is 0 Å². The van der Waals surface area contributed by atoms with E-state index >= 15 is 0 Å². The second-order valence-electron chi connectivity index (χ2n) is 6.66. The van der Waals surface area contributed by atoms with E-state index in [1.54, 1.807) is 0 Å². The van der Waals surface area contributed by atoms with Crippen molar-refractivity contribution in [2.45, 2.75) is 0 Å². The van der Waals surface area contributed by atoms with E-state index in [0.717, 1.165) is 0 Å². The molecule has 4 nitrogen and oxygen atoms in total. The fraction of sp³-hybridized carbons (Fsp3) is 0. The summed E-state index contributed by atoms with van der Waals surface area (Å²) in [6.07, 6.45) is 0. The SMILES string of the molecule is O=C(O)c1ccc(C(=O)O)cc1.c1cc[c]([Sn]([c]2ccccc2)[c]2ccccc2)cc1. The van der Waals surface area contributed by atoms with Crippen LogP contribution in [0.25, 0.3) is 0 Å². The molecule has 0 aliphatic carbocycles. The maximum atomic E-state index is 10.3. The van der Waals surface area contributed by atoms with Crippen LogP contribution in [0.4, 0.5) is 0 Å². The van der Waals surface area contributed by atoms with Crippen molar-refractivity contribution in [1.29, 1.82) is 0 Å². The van der Waals surface area contributed by atoms with E-state index in [-0.39, 0.29) is 11.1 Å². The van der Waals surface area contributed by atoms with Gasteiger partial charge >= 0.3 is 133 Å². The Labute approximate surface area is 188 Å². The summed E-state index contributed by atoms with van der Waals surface area (Å²) in [6, 6.07) is 38.0. The first-order valence-corrected chi connectivity index (χ1v) is 13.9. The summed E-state index contributed by atoms with van der Waals surface area (Å²) < 4.78 is 4.59. The van der Waals surface area contributed by atoms with Crippen molar-refractivity contribution in [3.05, 3.63) is 126 Å². The van der Waals surface area contributed by atoms with E-state index in [0.29, 0.717) is 0 Å². The van der Waals surface area contributed by atoms with Crippen LogP contribution >= 0.6 is 0 Å². The first-order chi connectivity index (χ1) is 15.1. The molecule has 0 unspecified atom stereocenters. The Kier molecular flexibility index (Phi) is 8.01. The van der Waals surface area contributed by atoms with Gasteiger partial charge in [-0.25, -0.2) is 9.59 Å². The monoisotopic (exact) mass is 517 g/mol. The first kappa shape index (κ1) is 22.3. The van der Waals surface area contributed by atoms with E-state index in [2.05, 4.69) is 91.0 Å². The Morgan fingerprint density at radius 2 is 0.710 bits per heavy atom. The van der Waals surface area contributed by atoms with Crippen molar-refractivity contribution in [1.82, 2.24) is 0 Å². The molecule has 4 aromatic carbocycles. The Morgan fingerprint density at radius 1 is 0.452 bits per heavy atom. The van der Waals surface area contributed by atoms with Crippen LogP contribution in [0.1, 0.15) is 20.7 Å². The van der Waals surface area contributed by atoms with Gasteiger partial charge in [0.05, 0.1) is 11.1 Å². The van der Waals surface area contributed by atoms with Crippen LogP contribution in [-0.2, 0) is 0 Å². The van der Waals surface area contributed by atoms with Gasteiger partial charge in [-0.2, -0.15) is 0 Å². The van der Waals surface area contributed by atoms with Gasteiger partial charge < -0.3 is 10.2 Å². The number of carbonyl (C=O) groups is 2. The molecule has 0 aromatic heterocycles. The van der Waals surface area contributed by atoms with E-state index in [1.165, 1.54) is 35.0 Å². The molecule has 0 fully saturated rings. The molecule has 0 saturated carbocycles. The molecule has 4 aromatic rings. The third-order valence-corrected chi connectivity index (χ3v) is 12.4. The summed E-state index contributed by atoms with van der Waals surface area (Å²) >= 11 is -1.98. The predicted octanol–water partition coefficient (Wildman–Crippen LogP) is 3.29. The number of carboxylic acids is 2. The zero-order valence-electron chi connectivity index (χ0n) is 16.7. The van der Waals surface area contributed by atoms with Crippen molar-refractivity contribution >= 4 is 42.4 Å². The quantitative estimate of drug-likeness (QED) is 0.400. The topological polar surface area (TPSA) is 74.6 Å². The molecule has 0 spiro atoms. The van der Waals surface area contributed by atoms with Crippen LogP contribution in [0.5, 0.6) is 0 Å². The van der Waals surface area contributed by atoms with E-state index in [4.69, 9.17) is 10.2 Å². The second-order valence-corrected chi connectivity index (χ2v) is 13.7. The molecule has 4 rings (SSSR count). The van der Waals surface area contributed by atoms with E-state index in [9.17, 15) is 9.59 Å². The normalized spacial score (nSPS) is 10.1. The van der Waals surface area contributed by atoms with E-state index in [1.807, 2.05) is 0 Å². The molecule has 31 heavy (non-hydrogen) atoms. The van der Waals surface area contributed by atoms with Gasteiger partial charge in [0.2, 0.25) is 0 Å². The summed E-state index contributed by atoms with van der Waals surface area (Å²) in [6.45, 7) is 0. The van der Waals surface area contributed by atoms with Crippen molar-refractivity contribution in [2.75, 3.05) is 0 Å². The first-order valence-electron chi connectivity index (χ1n) is 9.66. The van der Waals surface area contributed by atoms with Gasteiger partial charge in [-0.05, 0) is 24.3 Å². The van der Waals surface area contributed by atoms with Crippen LogP contribution in [0, 0.1) is 0 Å². The molecule has 0 bridgehead atoms. The van der Waals surface area contributed by atoms with Crippen LogP contribution in [0.2, 0.25) is 0 Å². The van der Waals surface area contributed by atoms with Gasteiger partial charge in [0, 0.05) is 0 Å². The van der Waals surface area contributed by atoms with Gasteiger partial charge in [-0.1, -0.05) is 0 Å². The summed E-state index contributed by atoms with van der Waals surface area (Å²) in [7, 11) is 0. The molecular weight excluding hydrogens is 495 g/mol. The third-order valence-electron chi connectivity index (χ3n) is 4.57. The molecule has 0 atom stereocenters. The Balaban J connectivity index is 0.000000196. The van der Waals surface area contributed by atoms with Crippen LogP contribution in [0.15, 0.2) is 115 Å². The summed E-state index contributed by atoms with van der Waals surface area (Å²) in [5.74, 6) is -2.13. The molecule has 0 saturated heterocycles. The van der Waals surface area contributed by atoms with Crippen molar-refractivity contribution in [2.24, 2.45) is 0 Å². The summed E-state index contributed by atoms with van der Waals surface area (Å²) in [5, 5.41) is 16.9. The molecule has 0 aliphatic heterocycles. The standard InChI is InChI=1S/C8H6O4.3C6H5.Sn/c9-7(10)5-1-2-6(4-3-5)8(11)12;3*1-2-4-6-5-3-1;/h1-4H,(H,9,10)(H,11,12);3*1-5H;. The molecule has 2 N–H and O–H groups in total. The van der Waals surface area contributed by atoms with Crippen molar-refractivity contribution < 1.29 is 19.8 Å². The van der Waals surface area contributed by atoms with Crippen LogP contribution in [0.3, 0.4) is 0 Å². The average molecular weight is 516 g/mol. The predicted molar refractivity (Wildman–Crippen MR) is 124 cm³/mol. The average Bonchev–Trinajstić information content (AvgIpc) is 2.82. The zero-order valence-corrected chi connectivity index (χ0v) is 19.5. The van der Waals surface area contributed by atoms with Crippen molar-refractivity contribution in [3.63, 3.8) is 0 Å². The number of hydrogen-bond donors (Lipinski definition) is 2. The maximum absolute atomic E-state index is 10.3. The van der Waals surface area contributed by atoms with Gasteiger partial charge in [0.25, 0.3) is 0 Å². The summed E-state index contributed by atoms with van der Waals surface area (Å²) in [5.41, 5.74) is 0.167. The van der Waals surface area contributed by atoms with Crippen LogP contribution in [-0.4, -0.2) is 41.9 Å². The molecular formula is C26H21O4Sn. The van der Waals surface area contributed by atoms with Gasteiger partial charge in [-0.3, -0.25) is 0 Å². The molecule has 153 valence electrons. The fourth-order valence-electron chi connectivity index (χ4n) is 3.07. The number of aromatic carboxylic acids is 2. The molecule has 0 aliphatic rings. The number of benzene rings is 4. The number of carboxylic acid groups (broad SMARTS) is 2. The minimum atomic E-state index is -1.98.